The minimum absolute atomic E-state index is 0.334. The lowest BCUT2D eigenvalue weighted by molar-refractivity contribution is 0.414. The number of aryl methyl sites for hydroxylation is 1. The van der Waals surface area contributed by atoms with E-state index in [1.807, 2.05) is 12.1 Å². The monoisotopic (exact) mass is 246 g/mol. The molecule has 0 fully saturated rings. The van der Waals surface area contributed by atoms with Gasteiger partial charge in [0.15, 0.2) is 0 Å². The van der Waals surface area contributed by atoms with E-state index in [-0.39, 0.29) is 0 Å². The maximum atomic E-state index is 5.54. The van der Waals surface area contributed by atoms with E-state index in [0.717, 1.165) is 37.9 Å². The molecule has 1 aromatic carbocycles. The molecule has 0 aliphatic heterocycles. The molecular weight excluding hydrogens is 224 g/mol. The molecule has 1 unspecified atom stereocenters. The highest BCUT2D eigenvalue weighted by atomic mass is 16.5. The highest BCUT2D eigenvalue weighted by molar-refractivity contribution is 5.27. The van der Waals surface area contributed by atoms with Crippen molar-refractivity contribution >= 4 is 0 Å². The Morgan fingerprint density at radius 2 is 2.06 bits per heavy atom. The molecule has 1 aromatic rings. The summed E-state index contributed by atoms with van der Waals surface area (Å²) in [6.45, 7) is 0. The zero-order valence-corrected chi connectivity index (χ0v) is 11.0. The van der Waals surface area contributed by atoms with Crippen LogP contribution >= 0.6 is 0 Å². The van der Waals surface area contributed by atoms with Crippen LogP contribution in [0.4, 0.5) is 0 Å². The SMILES string of the molecule is C#CCCCC(CCc1ccc(OC)cc1)NN. The number of hydrazine groups is 1. The molecule has 1 rings (SSSR count). The molecule has 98 valence electrons. The third kappa shape index (κ3) is 5.22. The highest BCUT2D eigenvalue weighted by Gasteiger charge is 2.06. The van der Waals surface area contributed by atoms with Crippen molar-refractivity contribution < 1.29 is 4.74 Å². The third-order valence-electron chi connectivity index (χ3n) is 3.05. The van der Waals surface area contributed by atoms with Crippen molar-refractivity contribution in [1.29, 1.82) is 0 Å². The Morgan fingerprint density at radius 1 is 1.33 bits per heavy atom. The number of ether oxygens (including phenoxy) is 1. The number of rotatable bonds is 8. The maximum absolute atomic E-state index is 5.54. The van der Waals surface area contributed by atoms with Crippen LogP contribution in [0.15, 0.2) is 24.3 Å². The molecule has 3 N–H and O–H groups in total. The van der Waals surface area contributed by atoms with E-state index in [1.165, 1.54) is 5.56 Å². The molecule has 0 heterocycles. The van der Waals surface area contributed by atoms with Gasteiger partial charge in [-0.05, 0) is 43.4 Å². The Morgan fingerprint density at radius 3 is 2.61 bits per heavy atom. The predicted octanol–water partition coefficient (Wildman–Crippen LogP) is 2.26. The van der Waals surface area contributed by atoms with E-state index >= 15 is 0 Å². The lowest BCUT2D eigenvalue weighted by Gasteiger charge is -2.15. The molecule has 18 heavy (non-hydrogen) atoms. The van der Waals surface area contributed by atoms with Crippen LogP contribution in [0.25, 0.3) is 0 Å². The van der Waals surface area contributed by atoms with Gasteiger partial charge in [-0.25, -0.2) is 0 Å². The van der Waals surface area contributed by atoms with Crippen LogP contribution in [-0.2, 0) is 6.42 Å². The number of nitrogens with one attached hydrogen (secondary N) is 1. The summed E-state index contributed by atoms with van der Waals surface area (Å²) < 4.78 is 5.13. The zero-order chi connectivity index (χ0) is 13.2. The minimum Gasteiger partial charge on any atom is -0.497 e. The fourth-order valence-electron chi connectivity index (χ4n) is 1.89. The van der Waals surface area contributed by atoms with E-state index in [0.29, 0.717) is 6.04 Å². The summed E-state index contributed by atoms with van der Waals surface area (Å²) in [6.07, 6.45) is 10.1. The largest absolute Gasteiger partial charge is 0.497 e. The molecular formula is C15H22N2O. The van der Waals surface area contributed by atoms with E-state index < -0.39 is 0 Å². The normalized spacial score (nSPS) is 11.8. The van der Waals surface area contributed by atoms with Gasteiger partial charge in [-0.15, -0.1) is 12.3 Å². The molecule has 0 aliphatic carbocycles. The summed E-state index contributed by atoms with van der Waals surface area (Å²) in [5.74, 6) is 9.08. The number of methoxy groups -OCH3 is 1. The summed E-state index contributed by atoms with van der Waals surface area (Å²) in [4.78, 5) is 0. The lowest BCUT2D eigenvalue weighted by atomic mass is 10.0. The van der Waals surface area contributed by atoms with Gasteiger partial charge in [-0.2, -0.15) is 0 Å². The van der Waals surface area contributed by atoms with Crippen LogP contribution in [0.1, 0.15) is 31.2 Å². The van der Waals surface area contributed by atoms with E-state index in [4.69, 9.17) is 17.0 Å². The van der Waals surface area contributed by atoms with E-state index in [2.05, 4.69) is 23.5 Å². The van der Waals surface area contributed by atoms with Crippen molar-refractivity contribution in [1.82, 2.24) is 5.43 Å². The summed E-state index contributed by atoms with van der Waals surface area (Å²) in [6, 6.07) is 8.49. The number of terminal acetylenes is 1. The minimum atomic E-state index is 0.334. The van der Waals surface area contributed by atoms with Gasteiger partial charge in [0, 0.05) is 12.5 Å². The summed E-state index contributed by atoms with van der Waals surface area (Å²) in [5, 5.41) is 0. The van der Waals surface area contributed by atoms with Gasteiger partial charge in [-0.3, -0.25) is 11.3 Å². The Hall–Kier alpha value is -1.50. The second kappa shape index (κ2) is 8.57. The first-order chi connectivity index (χ1) is 8.80. The first kappa shape index (κ1) is 14.6. The average molecular weight is 246 g/mol. The van der Waals surface area contributed by atoms with Gasteiger partial charge in [0.1, 0.15) is 5.75 Å². The first-order valence-electron chi connectivity index (χ1n) is 6.32. The Bertz CT molecular complexity index is 367. The number of nitrogens with two attached hydrogens (primary N) is 1. The van der Waals surface area contributed by atoms with Crippen molar-refractivity contribution in [3.8, 4) is 18.1 Å². The molecule has 0 aliphatic rings. The molecule has 0 aromatic heterocycles. The average Bonchev–Trinajstić information content (AvgIpc) is 2.43. The topological polar surface area (TPSA) is 47.3 Å². The van der Waals surface area contributed by atoms with Crippen LogP contribution in [0.2, 0.25) is 0 Å². The van der Waals surface area contributed by atoms with Gasteiger partial charge in [0.2, 0.25) is 0 Å². The molecule has 0 saturated heterocycles. The lowest BCUT2D eigenvalue weighted by Crippen LogP contribution is -2.35. The van der Waals surface area contributed by atoms with Crippen LogP contribution in [0.3, 0.4) is 0 Å². The predicted molar refractivity (Wildman–Crippen MR) is 75.1 cm³/mol. The second-order valence-electron chi connectivity index (χ2n) is 4.35. The first-order valence-corrected chi connectivity index (χ1v) is 6.32. The van der Waals surface area contributed by atoms with Crippen molar-refractivity contribution in [2.24, 2.45) is 5.84 Å². The summed E-state index contributed by atoms with van der Waals surface area (Å²) in [5.41, 5.74) is 4.16. The van der Waals surface area contributed by atoms with Crippen molar-refractivity contribution in [2.45, 2.75) is 38.1 Å². The van der Waals surface area contributed by atoms with E-state index in [9.17, 15) is 0 Å². The van der Waals surface area contributed by atoms with Crippen LogP contribution in [-0.4, -0.2) is 13.2 Å². The second-order valence-corrected chi connectivity index (χ2v) is 4.35. The molecule has 0 spiro atoms. The van der Waals surface area contributed by atoms with Crippen molar-refractivity contribution in [3.05, 3.63) is 29.8 Å². The molecule has 0 bridgehead atoms. The van der Waals surface area contributed by atoms with E-state index in [1.54, 1.807) is 7.11 Å². The molecule has 0 radical (unpaired) electrons. The standard InChI is InChI=1S/C15H22N2O/c1-3-4-5-6-14(17-16)10-7-13-8-11-15(18-2)12-9-13/h1,8-9,11-12,14,17H,4-7,10,16H2,2H3. The van der Waals surface area contributed by atoms with Crippen LogP contribution in [0, 0.1) is 12.3 Å². The number of benzene rings is 1. The summed E-state index contributed by atoms with van der Waals surface area (Å²) in [7, 11) is 1.68. The number of unbranched alkanes of at least 4 members (excludes halogenated alkanes) is 1. The molecule has 3 nitrogen and oxygen atoms in total. The Balaban J connectivity index is 2.34. The quantitative estimate of drug-likeness (QED) is 0.320. The van der Waals surface area contributed by atoms with Crippen molar-refractivity contribution in [3.63, 3.8) is 0 Å². The van der Waals surface area contributed by atoms with Crippen molar-refractivity contribution in [2.75, 3.05) is 7.11 Å². The Labute approximate surface area is 110 Å². The molecule has 1 atom stereocenters. The number of hydrogen-bond donors (Lipinski definition) is 2. The van der Waals surface area contributed by atoms with Crippen LogP contribution < -0.4 is 16.0 Å². The molecule has 3 heteroatoms. The fraction of sp³-hybridized carbons (Fsp3) is 0.467. The zero-order valence-electron chi connectivity index (χ0n) is 11.0. The van der Waals surface area contributed by atoms with Gasteiger partial charge >= 0.3 is 0 Å². The van der Waals surface area contributed by atoms with Crippen LogP contribution in [0.5, 0.6) is 5.75 Å². The summed E-state index contributed by atoms with van der Waals surface area (Å²) >= 11 is 0. The smallest absolute Gasteiger partial charge is 0.118 e. The van der Waals surface area contributed by atoms with Gasteiger partial charge < -0.3 is 4.74 Å². The molecule has 0 amide bonds. The van der Waals surface area contributed by atoms with Gasteiger partial charge in [0.25, 0.3) is 0 Å². The number of hydrogen-bond acceptors (Lipinski definition) is 3. The fourth-order valence-corrected chi connectivity index (χ4v) is 1.89. The molecule has 0 saturated carbocycles. The third-order valence-corrected chi connectivity index (χ3v) is 3.05. The Kier molecular flexibility index (Phi) is 6.93. The maximum Gasteiger partial charge on any atom is 0.118 e. The van der Waals surface area contributed by atoms with Gasteiger partial charge in [0.05, 0.1) is 7.11 Å². The highest BCUT2D eigenvalue weighted by Crippen LogP contribution is 2.14. The van der Waals surface area contributed by atoms with Gasteiger partial charge in [-0.1, -0.05) is 12.1 Å².